The molecule has 0 unspecified atom stereocenters. The summed E-state index contributed by atoms with van der Waals surface area (Å²) in [5.41, 5.74) is 1.60. The number of aromatic nitrogens is 3. The van der Waals surface area contributed by atoms with Gasteiger partial charge in [-0.05, 0) is 39.2 Å². The summed E-state index contributed by atoms with van der Waals surface area (Å²) >= 11 is 0. The lowest BCUT2D eigenvalue weighted by Crippen LogP contribution is -2.38. The zero-order valence-corrected chi connectivity index (χ0v) is 21.1. The van der Waals surface area contributed by atoms with Gasteiger partial charge in [0.05, 0.1) is 6.54 Å². The van der Waals surface area contributed by atoms with Crippen molar-refractivity contribution in [3.63, 3.8) is 0 Å². The first-order valence-corrected chi connectivity index (χ1v) is 11.0. The lowest BCUT2D eigenvalue weighted by molar-refractivity contribution is -0.0504. The average molecular weight is 562 g/mol. The number of nitrogens with one attached hydrogen (secondary N) is 2. The van der Waals surface area contributed by atoms with Crippen LogP contribution in [0, 0.1) is 6.92 Å². The predicted molar refractivity (Wildman–Crippen MR) is 132 cm³/mol. The van der Waals surface area contributed by atoms with E-state index in [0.29, 0.717) is 18.1 Å². The van der Waals surface area contributed by atoms with Gasteiger partial charge in [0.2, 0.25) is 0 Å². The quantitative estimate of drug-likeness (QED) is 0.207. The van der Waals surface area contributed by atoms with E-state index in [1.54, 1.807) is 12.1 Å². The van der Waals surface area contributed by atoms with E-state index in [1.807, 2.05) is 19.9 Å². The maximum Gasteiger partial charge on any atom is 0.387 e. The summed E-state index contributed by atoms with van der Waals surface area (Å²) in [7, 11) is 0. The highest BCUT2D eigenvalue weighted by atomic mass is 127. The van der Waals surface area contributed by atoms with E-state index >= 15 is 0 Å². The van der Waals surface area contributed by atoms with Gasteiger partial charge >= 0.3 is 6.61 Å². The molecule has 0 fully saturated rings. The smallest absolute Gasteiger partial charge is 0.387 e. The molecule has 1 aromatic carbocycles. The Morgan fingerprint density at radius 1 is 1.22 bits per heavy atom. The molecule has 0 bridgehead atoms. The number of hydrogen-bond donors (Lipinski definition) is 2. The Kier molecular flexibility index (Phi) is 11.1. The van der Waals surface area contributed by atoms with E-state index in [-0.39, 0.29) is 36.3 Å². The normalized spacial score (nSPS) is 13.8. The van der Waals surface area contributed by atoms with Gasteiger partial charge in [0.1, 0.15) is 17.4 Å². The Morgan fingerprint density at radius 3 is 2.84 bits per heavy atom. The zero-order valence-electron chi connectivity index (χ0n) is 18.7. The van der Waals surface area contributed by atoms with Gasteiger partial charge in [0.15, 0.2) is 5.96 Å². The molecule has 0 aliphatic carbocycles. The van der Waals surface area contributed by atoms with Gasteiger partial charge in [0.25, 0.3) is 0 Å². The van der Waals surface area contributed by atoms with Crippen molar-refractivity contribution in [2.24, 2.45) is 4.99 Å². The average Bonchev–Trinajstić information content (AvgIpc) is 2.96. The van der Waals surface area contributed by atoms with E-state index in [0.717, 1.165) is 49.6 Å². The number of hydrogen-bond acceptors (Lipinski definition) is 4. The SMILES string of the molecule is CCNC(=NCc1cc(C)ccc1OC(F)F)NCCCc1nnc2n1CCCCC2.I. The zero-order chi connectivity index (χ0) is 22.1. The highest BCUT2D eigenvalue weighted by Crippen LogP contribution is 2.23. The monoisotopic (exact) mass is 562 g/mol. The topological polar surface area (TPSA) is 76.4 Å². The van der Waals surface area contributed by atoms with Crippen molar-refractivity contribution in [1.82, 2.24) is 25.4 Å². The van der Waals surface area contributed by atoms with Gasteiger partial charge in [-0.25, -0.2) is 4.99 Å². The summed E-state index contributed by atoms with van der Waals surface area (Å²) in [6.07, 6.45) is 6.38. The molecule has 1 aliphatic rings. The number of alkyl halides is 2. The fourth-order valence-electron chi connectivity index (χ4n) is 3.73. The highest BCUT2D eigenvalue weighted by Gasteiger charge is 2.14. The van der Waals surface area contributed by atoms with E-state index in [4.69, 9.17) is 0 Å². The number of benzene rings is 1. The van der Waals surface area contributed by atoms with Crippen molar-refractivity contribution < 1.29 is 13.5 Å². The van der Waals surface area contributed by atoms with Crippen LogP contribution >= 0.6 is 24.0 Å². The van der Waals surface area contributed by atoms with Gasteiger partial charge in [-0.2, -0.15) is 8.78 Å². The van der Waals surface area contributed by atoms with Crippen LogP contribution in [0.15, 0.2) is 23.2 Å². The summed E-state index contributed by atoms with van der Waals surface area (Å²) in [6.45, 7) is 3.73. The molecule has 32 heavy (non-hydrogen) atoms. The molecule has 1 aromatic heterocycles. The van der Waals surface area contributed by atoms with Gasteiger partial charge < -0.3 is 19.9 Å². The minimum absolute atomic E-state index is 0. The van der Waals surface area contributed by atoms with E-state index < -0.39 is 6.61 Å². The molecule has 0 radical (unpaired) electrons. The van der Waals surface area contributed by atoms with Crippen molar-refractivity contribution in [3.05, 3.63) is 41.0 Å². The Labute approximate surface area is 205 Å². The number of aliphatic imine (C=N–C) groups is 1. The lowest BCUT2D eigenvalue weighted by Gasteiger charge is -2.13. The molecular formula is C22H33F2IN6O. The third-order valence-corrected chi connectivity index (χ3v) is 5.24. The number of nitrogens with zero attached hydrogens (tertiary/aromatic N) is 4. The van der Waals surface area contributed by atoms with Crippen LogP contribution in [-0.2, 0) is 25.9 Å². The minimum atomic E-state index is -2.86. The Bertz CT molecular complexity index is 874. The van der Waals surface area contributed by atoms with Crippen molar-refractivity contribution in [2.75, 3.05) is 13.1 Å². The van der Waals surface area contributed by atoms with E-state index in [2.05, 4.69) is 35.1 Å². The lowest BCUT2D eigenvalue weighted by atomic mass is 10.1. The molecular weight excluding hydrogens is 529 g/mol. The van der Waals surface area contributed by atoms with Crippen LogP contribution in [-0.4, -0.2) is 40.4 Å². The molecule has 2 aromatic rings. The summed E-state index contributed by atoms with van der Waals surface area (Å²) in [5, 5.41) is 15.2. The number of aryl methyl sites for hydroxylation is 3. The van der Waals surface area contributed by atoms with E-state index in [1.165, 1.54) is 19.3 Å². The molecule has 3 rings (SSSR count). The third kappa shape index (κ3) is 7.86. The highest BCUT2D eigenvalue weighted by molar-refractivity contribution is 14.0. The molecule has 0 amide bonds. The summed E-state index contributed by atoms with van der Waals surface area (Å²) in [6, 6.07) is 5.13. The molecule has 7 nitrogen and oxygen atoms in total. The van der Waals surface area contributed by atoms with Crippen molar-refractivity contribution in [2.45, 2.75) is 72.1 Å². The molecule has 2 heterocycles. The Balaban J connectivity index is 0.00000363. The number of rotatable bonds is 9. The third-order valence-electron chi connectivity index (χ3n) is 5.24. The fourth-order valence-corrected chi connectivity index (χ4v) is 3.73. The molecule has 10 heteroatoms. The second kappa shape index (κ2) is 13.5. The molecule has 0 saturated heterocycles. The summed E-state index contributed by atoms with van der Waals surface area (Å²) < 4.78 is 32.3. The molecule has 2 N–H and O–H groups in total. The maximum atomic E-state index is 12.7. The van der Waals surface area contributed by atoms with Gasteiger partial charge in [-0.3, -0.25) is 0 Å². The van der Waals surface area contributed by atoms with Gasteiger partial charge in [0, 0.05) is 38.0 Å². The number of guanidine groups is 1. The first kappa shape index (κ1) is 26.3. The van der Waals surface area contributed by atoms with Gasteiger partial charge in [-0.15, -0.1) is 34.2 Å². The van der Waals surface area contributed by atoms with Crippen LogP contribution in [0.1, 0.15) is 55.4 Å². The Morgan fingerprint density at radius 2 is 2.06 bits per heavy atom. The van der Waals surface area contributed by atoms with Crippen LogP contribution in [0.25, 0.3) is 0 Å². The second-order valence-electron chi connectivity index (χ2n) is 7.71. The van der Waals surface area contributed by atoms with Gasteiger partial charge in [-0.1, -0.05) is 24.1 Å². The second-order valence-corrected chi connectivity index (χ2v) is 7.71. The van der Waals surface area contributed by atoms with Crippen LogP contribution in [0.5, 0.6) is 5.75 Å². The fraction of sp³-hybridized carbons (Fsp3) is 0.591. The predicted octanol–water partition coefficient (Wildman–Crippen LogP) is 4.22. The minimum Gasteiger partial charge on any atom is -0.434 e. The van der Waals surface area contributed by atoms with Crippen LogP contribution < -0.4 is 15.4 Å². The van der Waals surface area contributed by atoms with Crippen molar-refractivity contribution in [1.29, 1.82) is 0 Å². The molecule has 178 valence electrons. The molecule has 0 atom stereocenters. The maximum absolute atomic E-state index is 12.7. The first-order valence-electron chi connectivity index (χ1n) is 11.0. The first-order chi connectivity index (χ1) is 15.1. The summed E-state index contributed by atoms with van der Waals surface area (Å²) in [5.74, 6) is 2.96. The number of fused-ring (bicyclic) bond motifs is 1. The number of ether oxygens (including phenoxy) is 1. The summed E-state index contributed by atoms with van der Waals surface area (Å²) in [4.78, 5) is 4.55. The molecule has 0 saturated carbocycles. The van der Waals surface area contributed by atoms with Crippen LogP contribution in [0.2, 0.25) is 0 Å². The van der Waals surface area contributed by atoms with Crippen molar-refractivity contribution >= 4 is 29.9 Å². The molecule has 0 spiro atoms. The molecule has 1 aliphatic heterocycles. The van der Waals surface area contributed by atoms with Crippen molar-refractivity contribution in [3.8, 4) is 5.75 Å². The standard InChI is InChI=1S/C22H32F2N6O.HI/c1-3-25-22(27-15-17-14-16(2)10-11-18(17)31-21(23)24)26-12-7-9-20-29-28-19-8-5-4-6-13-30(19)20;/h10-11,14,21H,3-9,12-13,15H2,1-2H3,(H2,25,26,27);1H. The van der Waals surface area contributed by atoms with Crippen LogP contribution in [0.3, 0.4) is 0 Å². The number of halogens is 3. The largest absolute Gasteiger partial charge is 0.434 e. The van der Waals surface area contributed by atoms with Crippen LogP contribution in [0.4, 0.5) is 8.78 Å². The Hall–Kier alpha value is -1.98. The van der Waals surface area contributed by atoms with E-state index in [9.17, 15) is 8.78 Å².